The van der Waals surface area contributed by atoms with E-state index in [-0.39, 0.29) is 0 Å². The molecule has 0 heterocycles. The van der Waals surface area contributed by atoms with Crippen LogP contribution in [-0.2, 0) is 20.7 Å². The summed E-state index contributed by atoms with van der Waals surface area (Å²) in [6, 6.07) is 9.48. The lowest BCUT2D eigenvalue weighted by atomic mass is 10.1. The van der Waals surface area contributed by atoms with E-state index in [0.717, 1.165) is 5.56 Å². The van der Waals surface area contributed by atoms with Gasteiger partial charge in [0.25, 0.3) is 0 Å². The van der Waals surface area contributed by atoms with E-state index in [0.29, 0.717) is 12.8 Å². The largest absolute Gasteiger partial charge is 0.479 e. The highest BCUT2D eigenvalue weighted by molar-refractivity contribution is 5.76. The topological polar surface area (TPSA) is 63.6 Å². The molecule has 0 radical (unpaired) electrons. The second-order valence-corrected chi connectivity index (χ2v) is 3.46. The van der Waals surface area contributed by atoms with Crippen LogP contribution in [0.25, 0.3) is 0 Å². The number of carbonyl (C=O) groups excluding carboxylic acids is 1. The molecule has 1 aromatic rings. The van der Waals surface area contributed by atoms with Crippen molar-refractivity contribution in [1.82, 2.24) is 0 Å². The average Bonchev–Trinajstić information content (AvgIpc) is 2.25. The van der Waals surface area contributed by atoms with Gasteiger partial charge in [-0.2, -0.15) is 0 Å². The van der Waals surface area contributed by atoms with E-state index in [9.17, 15) is 9.59 Å². The van der Waals surface area contributed by atoms with Gasteiger partial charge in [0.2, 0.25) is 0 Å². The minimum absolute atomic E-state index is 0.291. The monoisotopic (exact) mass is 222 g/mol. The first kappa shape index (κ1) is 12.2. The minimum atomic E-state index is -1.11. The van der Waals surface area contributed by atoms with Gasteiger partial charge in [-0.25, -0.2) is 4.79 Å². The van der Waals surface area contributed by atoms with Gasteiger partial charge in [0, 0.05) is 6.92 Å². The third-order valence-electron chi connectivity index (χ3n) is 2.12. The second kappa shape index (κ2) is 5.90. The number of hydrogen-bond donors (Lipinski definition) is 1. The molecule has 0 fully saturated rings. The maximum absolute atomic E-state index is 10.8. The van der Waals surface area contributed by atoms with E-state index in [4.69, 9.17) is 9.84 Å². The third kappa shape index (κ3) is 4.13. The molecule has 0 aliphatic heterocycles. The van der Waals surface area contributed by atoms with Crippen LogP contribution in [0.2, 0.25) is 0 Å². The Balaban J connectivity index is 2.50. The van der Waals surface area contributed by atoms with Crippen molar-refractivity contribution in [2.75, 3.05) is 0 Å². The van der Waals surface area contributed by atoms with E-state index in [1.807, 2.05) is 30.3 Å². The smallest absolute Gasteiger partial charge is 0.345 e. The molecule has 16 heavy (non-hydrogen) atoms. The maximum atomic E-state index is 10.8. The van der Waals surface area contributed by atoms with E-state index in [2.05, 4.69) is 0 Å². The van der Waals surface area contributed by atoms with Crippen LogP contribution in [0, 0.1) is 0 Å². The van der Waals surface area contributed by atoms with Crippen molar-refractivity contribution < 1.29 is 19.4 Å². The third-order valence-corrected chi connectivity index (χ3v) is 2.12. The summed E-state index contributed by atoms with van der Waals surface area (Å²) in [6.07, 6.45) is -0.193. The summed E-state index contributed by atoms with van der Waals surface area (Å²) in [6.45, 7) is 1.21. The van der Waals surface area contributed by atoms with Gasteiger partial charge >= 0.3 is 11.9 Å². The van der Waals surface area contributed by atoms with Gasteiger partial charge in [-0.05, 0) is 18.4 Å². The van der Waals surface area contributed by atoms with E-state index < -0.39 is 18.0 Å². The Labute approximate surface area is 93.9 Å². The lowest BCUT2D eigenvalue weighted by Crippen LogP contribution is -2.26. The Morgan fingerprint density at radius 3 is 2.44 bits per heavy atom. The van der Waals surface area contributed by atoms with Crippen molar-refractivity contribution in [3.8, 4) is 0 Å². The van der Waals surface area contributed by atoms with Crippen molar-refractivity contribution in [2.24, 2.45) is 0 Å². The normalized spacial score (nSPS) is 11.8. The Morgan fingerprint density at radius 2 is 1.94 bits per heavy atom. The summed E-state index contributed by atoms with van der Waals surface area (Å²) in [5, 5.41) is 8.82. The zero-order valence-electron chi connectivity index (χ0n) is 9.05. The van der Waals surface area contributed by atoms with Crippen molar-refractivity contribution in [1.29, 1.82) is 0 Å². The molecule has 0 unspecified atom stereocenters. The molecule has 1 aromatic carbocycles. The van der Waals surface area contributed by atoms with Gasteiger partial charge in [-0.1, -0.05) is 30.3 Å². The molecule has 0 amide bonds. The average molecular weight is 222 g/mol. The lowest BCUT2D eigenvalue weighted by Gasteiger charge is -2.12. The van der Waals surface area contributed by atoms with E-state index >= 15 is 0 Å². The number of aliphatic carboxylic acids is 1. The summed E-state index contributed by atoms with van der Waals surface area (Å²) < 4.78 is 4.70. The molecule has 1 atom stereocenters. The summed E-state index contributed by atoms with van der Waals surface area (Å²) in [5.41, 5.74) is 1.03. The maximum Gasteiger partial charge on any atom is 0.345 e. The standard InChI is InChI=1S/C12H14O4/c1-9(13)16-11(12(14)15)8-7-10-5-3-2-4-6-10/h2-6,11H,7-8H2,1H3,(H,14,15)/t11-/m1/s1. The molecule has 4 heteroatoms. The van der Waals surface area contributed by atoms with Gasteiger partial charge in [0.15, 0.2) is 6.10 Å². The molecule has 0 saturated carbocycles. The highest BCUT2D eigenvalue weighted by Gasteiger charge is 2.19. The fourth-order valence-electron chi connectivity index (χ4n) is 1.38. The van der Waals surface area contributed by atoms with Crippen molar-refractivity contribution >= 4 is 11.9 Å². The molecule has 0 aromatic heterocycles. The fourth-order valence-corrected chi connectivity index (χ4v) is 1.38. The second-order valence-electron chi connectivity index (χ2n) is 3.46. The van der Waals surface area contributed by atoms with Gasteiger partial charge in [-0.15, -0.1) is 0 Å². The van der Waals surface area contributed by atoms with Gasteiger partial charge in [0.1, 0.15) is 0 Å². The molecule has 0 spiro atoms. The predicted molar refractivity (Wildman–Crippen MR) is 58.0 cm³/mol. The van der Waals surface area contributed by atoms with E-state index in [1.165, 1.54) is 6.92 Å². The Hall–Kier alpha value is -1.84. The molecule has 0 bridgehead atoms. The minimum Gasteiger partial charge on any atom is -0.479 e. The van der Waals surface area contributed by atoms with Crippen molar-refractivity contribution in [3.63, 3.8) is 0 Å². The summed E-state index contributed by atoms with van der Waals surface area (Å²) in [7, 11) is 0. The highest BCUT2D eigenvalue weighted by atomic mass is 16.6. The van der Waals surface area contributed by atoms with Crippen LogP contribution in [0.3, 0.4) is 0 Å². The number of carboxylic acids is 1. The van der Waals surface area contributed by atoms with Crippen molar-refractivity contribution in [2.45, 2.75) is 25.9 Å². The molecule has 0 saturated heterocycles. The quantitative estimate of drug-likeness (QED) is 0.769. The molecular formula is C12H14O4. The first-order valence-electron chi connectivity index (χ1n) is 5.03. The van der Waals surface area contributed by atoms with Gasteiger partial charge < -0.3 is 9.84 Å². The molecule has 86 valence electrons. The molecular weight excluding hydrogens is 208 g/mol. The number of rotatable bonds is 5. The Bertz CT molecular complexity index is 359. The molecule has 0 aliphatic rings. The zero-order valence-corrected chi connectivity index (χ0v) is 9.05. The lowest BCUT2D eigenvalue weighted by molar-refractivity contribution is -0.162. The predicted octanol–water partition coefficient (Wildman–Crippen LogP) is 1.64. The fraction of sp³-hybridized carbons (Fsp3) is 0.333. The van der Waals surface area contributed by atoms with Crippen LogP contribution in [0.15, 0.2) is 30.3 Å². The number of benzene rings is 1. The summed E-state index contributed by atoms with van der Waals surface area (Å²) in [5.74, 6) is -1.67. The SMILES string of the molecule is CC(=O)O[C@H](CCc1ccccc1)C(=O)O. The molecule has 1 N–H and O–H groups in total. The number of carbonyl (C=O) groups is 2. The Morgan fingerprint density at radius 1 is 1.31 bits per heavy atom. The van der Waals surface area contributed by atoms with E-state index in [1.54, 1.807) is 0 Å². The summed E-state index contributed by atoms with van der Waals surface area (Å²) >= 11 is 0. The van der Waals surface area contributed by atoms with Crippen LogP contribution in [0.5, 0.6) is 0 Å². The van der Waals surface area contributed by atoms with Crippen LogP contribution >= 0.6 is 0 Å². The highest BCUT2D eigenvalue weighted by Crippen LogP contribution is 2.08. The Kier molecular flexibility index (Phi) is 4.51. The van der Waals surface area contributed by atoms with Crippen LogP contribution in [0.4, 0.5) is 0 Å². The molecule has 0 aliphatic carbocycles. The van der Waals surface area contributed by atoms with Gasteiger partial charge in [-0.3, -0.25) is 4.79 Å². The van der Waals surface area contributed by atoms with Crippen LogP contribution in [0.1, 0.15) is 18.9 Å². The first-order valence-corrected chi connectivity index (χ1v) is 5.03. The first-order chi connectivity index (χ1) is 7.59. The van der Waals surface area contributed by atoms with Crippen molar-refractivity contribution in [3.05, 3.63) is 35.9 Å². The number of ether oxygens (including phenoxy) is 1. The molecule has 4 nitrogen and oxygen atoms in total. The number of aryl methyl sites for hydroxylation is 1. The van der Waals surface area contributed by atoms with Gasteiger partial charge in [0.05, 0.1) is 0 Å². The van der Waals surface area contributed by atoms with Crippen LogP contribution in [-0.4, -0.2) is 23.1 Å². The number of hydrogen-bond acceptors (Lipinski definition) is 3. The van der Waals surface area contributed by atoms with Crippen LogP contribution < -0.4 is 0 Å². The number of esters is 1. The summed E-state index contributed by atoms with van der Waals surface area (Å²) in [4.78, 5) is 21.5. The molecule has 1 rings (SSSR count). The zero-order chi connectivity index (χ0) is 12.0. The number of carboxylic acid groups (broad SMARTS) is 1.